The predicted octanol–water partition coefficient (Wildman–Crippen LogP) is 7.33. The Kier molecular flexibility index (Phi) is 8.61. The Hall–Kier alpha value is -4.93. The van der Waals surface area contributed by atoms with Crippen molar-refractivity contribution in [1.29, 1.82) is 5.26 Å². The number of carbonyl (C=O) groups excluding carboxylic acids is 2. The Morgan fingerprint density at radius 1 is 1.00 bits per heavy atom. The van der Waals surface area contributed by atoms with E-state index in [1.807, 2.05) is 67.7 Å². The van der Waals surface area contributed by atoms with Crippen LogP contribution >= 0.6 is 11.6 Å². The molecule has 5 rings (SSSR count). The van der Waals surface area contributed by atoms with Gasteiger partial charge in [-0.3, -0.25) is 14.5 Å². The van der Waals surface area contributed by atoms with Crippen molar-refractivity contribution in [1.82, 2.24) is 14.7 Å². The molecule has 1 aromatic heterocycles. The van der Waals surface area contributed by atoms with Gasteiger partial charge in [0.05, 0.1) is 18.8 Å². The molecule has 3 aromatic carbocycles. The standard InChI is InChI=1S/C35H31ClN4O3/c1-22(2)21-43-28-14-15-29(23(3)16-28)33-26(20-40(38-33)27-11-6-5-7-12-27)17-30-24(4)31(18-37)35(42)39(34(30)41)19-25-10-8-9-13-32(25)36/h5-17,20,22H,19,21H2,1-4H3/b30-17+. The molecule has 0 saturated heterocycles. The highest BCUT2D eigenvalue weighted by atomic mass is 35.5. The molecule has 0 bridgehead atoms. The van der Waals surface area contributed by atoms with Gasteiger partial charge in [-0.1, -0.05) is 61.8 Å². The van der Waals surface area contributed by atoms with Crippen molar-refractivity contribution in [2.45, 2.75) is 34.2 Å². The number of aromatic nitrogens is 2. The first-order valence-electron chi connectivity index (χ1n) is 14.0. The summed E-state index contributed by atoms with van der Waals surface area (Å²) in [6, 6.07) is 24.5. The van der Waals surface area contributed by atoms with Crippen LogP contribution in [0.3, 0.4) is 0 Å². The van der Waals surface area contributed by atoms with Crippen LogP contribution in [0.15, 0.2) is 95.7 Å². The number of carbonyl (C=O) groups is 2. The third kappa shape index (κ3) is 6.15. The summed E-state index contributed by atoms with van der Waals surface area (Å²) < 4.78 is 7.69. The first-order valence-corrected chi connectivity index (χ1v) is 14.4. The smallest absolute Gasteiger partial charge is 0.271 e. The van der Waals surface area contributed by atoms with Gasteiger partial charge >= 0.3 is 0 Å². The van der Waals surface area contributed by atoms with Crippen molar-refractivity contribution < 1.29 is 14.3 Å². The van der Waals surface area contributed by atoms with Crippen LogP contribution in [0.1, 0.15) is 37.5 Å². The zero-order chi connectivity index (χ0) is 30.7. The maximum atomic E-state index is 13.9. The molecular formula is C35H31ClN4O3. The quantitative estimate of drug-likeness (QED) is 0.158. The molecular weight excluding hydrogens is 560 g/mol. The van der Waals surface area contributed by atoms with Gasteiger partial charge in [-0.2, -0.15) is 10.4 Å². The lowest BCUT2D eigenvalue weighted by Gasteiger charge is -2.27. The zero-order valence-corrected chi connectivity index (χ0v) is 25.2. The van der Waals surface area contributed by atoms with Gasteiger partial charge in [-0.15, -0.1) is 0 Å². The van der Waals surface area contributed by atoms with Crippen molar-refractivity contribution in [2.24, 2.45) is 5.92 Å². The van der Waals surface area contributed by atoms with Crippen molar-refractivity contribution in [3.63, 3.8) is 0 Å². The highest BCUT2D eigenvalue weighted by molar-refractivity contribution is 6.31. The van der Waals surface area contributed by atoms with E-state index < -0.39 is 11.8 Å². The highest BCUT2D eigenvalue weighted by Crippen LogP contribution is 2.34. The summed E-state index contributed by atoms with van der Waals surface area (Å²) in [6.07, 6.45) is 3.56. The second-order valence-corrected chi connectivity index (χ2v) is 11.3. The van der Waals surface area contributed by atoms with Crippen LogP contribution in [-0.4, -0.2) is 33.1 Å². The Morgan fingerprint density at radius 3 is 2.40 bits per heavy atom. The van der Waals surface area contributed by atoms with Crippen LogP contribution < -0.4 is 4.74 Å². The Bertz CT molecular complexity index is 1810. The number of aryl methyl sites for hydroxylation is 1. The molecule has 0 radical (unpaired) electrons. The van der Waals surface area contributed by atoms with Crippen LogP contribution in [0, 0.1) is 24.2 Å². The summed E-state index contributed by atoms with van der Waals surface area (Å²) in [5, 5.41) is 15.3. The molecule has 216 valence electrons. The van der Waals surface area contributed by atoms with Crippen LogP contribution in [0.5, 0.6) is 5.75 Å². The molecule has 0 N–H and O–H groups in total. The van der Waals surface area contributed by atoms with Crippen molar-refractivity contribution >= 4 is 29.5 Å². The monoisotopic (exact) mass is 590 g/mol. The van der Waals surface area contributed by atoms with E-state index in [2.05, 4.69) is 13.8 Å². The van der Waals surface area contributed by atoms with E-state index in [0.29, 0.717) is 39.9 Å². The Balaban J connectivity index is 1.63. The molecule has 4 aromatic rings. The summed E-state index contributed by atoms with van der Waals surface area (Å²) in [5.41, 5.74) is 5.06. The van der Waals surface area contributed by atoms with E-state index in [0.717, 1.165) is 27.5 Å². The second-order valence-electron chi connectivity index (χ2n) is 10.9. The first kappa shape index (κ1) is 29.6. The van der Waals surface area contributed by atoms with Gasteiger partial charge in [-0.25, -0.2) is 4.68 Å². The summed E-state index contributed by atoms with van der Waals surface area (Å²) in [6.45, 7) is 8.37. The molecule has 0 saturated carbocycles. The number of rotatable bonds is 8. The third-order valence-electron chi connectivity index (χ3n) is 7.21. The summed E-state index contributed by atoms with van der Waals surface area (Å²) in [5.74, 6) is 0.0156. The number of halogens is 1. The van der Waals surface area contributed by atoms with Crippen molar-refractivity contribution in [3.8, 4) is 28.8 Å². The topological polar surface area (TPSA) is 88.2 Å². The maximum Gasteiger partial charge on any atom is 0.271 e. The minimum Gasteiger partial charge on any atom is -0.493 e. The zero-order valence-electron chi connectivity index (χ0n) is 24.5. The lowest BCUT2D eigenvalue weighted by atomic mass is 9.92. The van der Waals surface area contributed by atoms with Crippen molar-refractivity contribution in [3.05, 3.63) is 117 Å². The summed E-state index contributed by atoms with van der Waals surface area (Å²) in [4.78, 5) is 28.2. The molecule has 2 heterocycles. The molecule has 2 amide bonds. The van der Waals surface area contributed by atoms with Gasteiger partial charge in [-0.05, 0) is 78.9 Å². The molecule has 0 unspecified atom stereocenters. The number of amides is 2. The molecule has 43 heavy (non-hydrogen) atoms. The Labute approximate surface area is 256 Å². The SMILES string of the molecule is CC1=C(C#N)C(=O)N(Cc2ccccc2Cl)C(=O)/C1=C/c1cn(-c2ccccc2)nc1-c1ccc(OCC(C)C)cc1C. The van der Waals surface area contributed by atoms with Gasteiger partial charge in [0.15, 0.2) is 0 Å². The number of hydrogen-bond acceptors (Lipinski definition) is 5. The normalized spacial score (nSPS) is 14.5. The molecule has 7 nitrogen and oxygen atoms in total. The first-order chi connectivity index (χ1) is 20.7. The average Bonchev–Trinajstić information content (AvgIpc) is 3.41. The molecule has 1 aliphatic rings. The van der Waals surface area contributed by atoms with Gasteiger partial charge in [0.2, 0.25) is 0 Å². The molecule has 0 fully saturated rings. The molecule has 0 atom stereocenters. The number of benzene rings is 3. The number of imide groups is 1. The van der Waals surface area contributed by atoms with E-state index in [-0.39, 0.29) is 17.7 Å². The highest BCUT2D eigenvalue weighted by Gasteiger charge is 2.36. The van der Waals surface area contributed by atoms with Gasteiger partial charge in [0, 0.05) is 27.9 Å². The van der Waals surface area contributed by atoms with Gasteiger partial charge < -0.3 is 4.74 Å². The molecule has 1 aliphatic heterocycles. The van der Waals surface area contributed by atoms with Gasteiger partial charge in [0.25, 0.3) is 11.8 Å². The number of para-hydroxylation sites is 1. The fourth-order valence-corrected chi connectivity index (χ4v) is 5.09. The number of ether oxygens (including phenoxy) is 1. The number of nitrogens with zero attached hydrogens (tertiary/aromatic N) is 4. The fourth-order valence-electron chi connectivity index (χ4n) is 4.90. The lowest BCUT2D eigenvalue weighted by molar-refractivity contribution is -0.141. The minimum absolute atomic E-state index is 0.0553. The predicted molar refractivity (Wildman–Crippen MR) is 167 cm³/mol. The van der Waals surface area contributed by atoms with Crippen LogP contribution in [0.25, 0.3) is 23.0 Å². The largest absolute Gasteiger partial charge is 0.493 e. The second kappa shape index (κ2) is 12.5. The van der Waals surface area contributed by atoms with Crippen LogP contribution in [-0.2, 0) is 16.1 Å². The molecule has 8 heteroatoms. The Morgan fingerprint density at radius 2 is 1.72 bits per heavy atom. The summed E-state index contributed by atoms with van der Waals surface area (Å²) in [7, 11) is 0. The third-order valence-corrected chi connectivity index (χ3v) is 7.58. The average molecular weight is 591 g/mol. The maximum absolute atomic E-state index is 13.9. The number of nitriles is 1. The molecule has 0 spiro atoms. The molecule has 0 aliphatic carbocycles. The van der Waals surface area contributed by atoms with E-state index in [4.69, 9.17) is 21.4 Å². The van der Waals surface area contributed by atoms with Gasteiger partial charge in [0.1, 0.15) is 23.1 Å². The van der Waals surface area contributed by atoms with Crippen LogP contribution in [0.4, 0.5) is 0 Å². The van der Waals surface area contributed by atoms with E-state index in [1.165, 1.54) is 0 Å². The number of hydrogen-bond donors (Lipinski definition) is 0. The van der Waals surface area contributed by atoms with E-state index in [1.54, 1.807) is 41.9 Å². The minimum atomic E-state index is -0.643. The van der Waals surface area contributed by atoms with E-state index in [9.17, 15) is 14.9 Å². The van der Waals surface area contributed by atoms with Crippen molar-refractivity contribution in [2.75, 3.05) is 6.61 Å². The fraction of sp³-hybridized carbons (Fsp3) is 0.200. The van der Waals surface area contributed by atoms with E-state index >= 15 is 0 Å². The lowest BCUT2D eigenvalue weighted by Crippen LogP contribution is -2.42. The summed E-state index contributed by atoms with van der Waals surface area (Å²) >= 11 is 6.35. The van der Waals surface area contributed by atoms with Crippen LogP contribution in [0.2, 0.25) is 5.02 Å².